The van der Waals surface area contributed by atoms with Gasteiger partial charge in [0.2, 0.25) is 0 Å². The second kappa shape index (κ2) is 3.02. The zero-order valence-electron chi connectivity index (χ0n) is 5.32. The average Bonchev–Trinajstić information content (AvgIpc) is 1.89. The summed E-state index contributed by atoms with van der Waals surface area (Å²) in [5.41, 5.74) is 1.32. The zero-order valence-corrected chi connectivity index (χ0v) is 6.90. The summed E-state index contributed by atoms with van der Waals surface area (Å²) < 4.78 is 1.18. The fourth-order valence-corrected chi connectivity index (χ4v) is 1.24. The van der Waals surface area contributed by atoms with Gasteiger partial charge in [-0.05, 0) is 24.1 Å². The molecule has 0 N–H and O–H groups in total. The maximum Gasteiger partial charge on any atom is 0.0207 e. The molecule has 0 bridgehead atoms. The predicted molar refractivity (Wildman–Crippen MR) is 42.4 cm³/mol. The van der Waals surface area contributed by atoms with Gasteiger partial charge in [-0.15, -0.1) is 0 Å². The summed E-state index contributed by atoms with van der Waals surface area (Å²) >= 11 is 3.44. The van der Waals surface area contributed by atoms with E-state index in [1.165, 1.54) is 10.0 Å². The smallest absolute Gasteiger partial charge is 0.0207 e. The van der Waals surface area contributed by atoms with Gasteiger partial charge in [-0.25, -0.2) is 0 Å². The summed E-state index contributed by atoms with van der Waals surface area (Å²) in [4.78, 5) is 0. The lowest BCUT2D eigenvalue weighted by molar-refractivity contribution is 1.13. The molecule has 1 rings (SSSR count). The fourth-order valence-electron chi connectivity index (χ4n) is 0.717. The Morgan fingerprint density at radius 1 is 1.67 bits per heavy atom. The van der Waals surface area contributed by atoms with Gasteiger partial charge in [0.05, 0.1) is 0 Å². The van der Waals surface area contributed by atoms with E-state index in [4.69, 9.17) is 0 Å². The average molecular weight is 184 g/mol. The van der Waals surface area contributed by atoms with E-state index in [-0.39, 0.29) is 0 Å². The molecule has 0 spiro atoms. The van der Waals surface area contributed by atoms with E-state index in [1.54, 1.807) is 0 Å². The molecule has 0 aromatic heterocycles. The summed E-state index contributed by atoms with van der Waals surface area (Å²) in [6, 6.07) is 8.95. The van der Waals surface area contributed by atoms with Crippen LogP contribution in [0.25, 0.3) is 0 Å². The van der Waals surface area contributed by atoms with Crippen molar-refractivity contribution in [2.24, 2.45) is 0 Å². The van der Waals surface area contributed by atoms with E-state index < -0.39 is 0 Å². The van der Waals surface area contributed by atoms with E-state index in [9.17, 15) is 0 Å². The molecule has 1 radical (unpaired) electrons. The molecule has 0 saturated heterocycles. The third-order valence-corrected chi connectivity index (χ3v) is 2.04. The van der Waals surface area contributed by atoms with Gasteiger partial charge in [0, 0.05) is 4.47 Å². The Morgan fingerprint density at radius 3 is 2.89 bits per heavy atom. The molecule has 0 aliphatic heterocycles. The first-order valence-electron chi connectivity index (χ1n) is 2.99. The maximum absolute atomic E-state index is 3.44. The second-order valence-electron chi connectivity index (χ2n) is 1.87. The highest BCUT2D eigenvalue weighted by Gasteiger charge is 1.91. The van der Waals surface area contributed by atoms with Crippen molar-refractivity contribution in [2.75, 3.05) is 0 Å². The van der Waals surface area contributed by atoms with Crippen molar-refractivity contribution in [2.45, 2.75) is 13.3 Å². The Balaban J connectivity index is 3.01. The highest BCUT2D eigenvalue weighted by atomic mass is 79.9. The standard InChI is InChI=1S/C8H8Br/c1-2-7-5-3-4-6-8(7)9/h4-6H,2H2,1H3. The lowest BCUT2D eigenvalue weighted by Crippen LogP contribution is -1.79. The largest absolute Gasteiger partial charge is 0.0613 e. The summed E-state index contributed by atoms with van der Waals surface area (Å²) in [5, 5.41) is 0. The first-order chi connectivity index (χ1) is 4.34. The van der Waals surface area contributed by atoms with Crippen LogP contribution < -0.4 is 0 Å². The highest BCUT2D eigenvalue weighted by molar-refractivity contribution is 9.10. The number of aryl methyl sites for hydroxylation is 1. The molecule has 0 aliphatic carbocycles. The lowest BCUT2D eigenvalue weighted by atomic mass is 10.2. The van der Waals surface area contributed by atoms with Crippen LogP contribution in [-0.2, 0) is 6.42 Å². The minimum atomic E-state index is 1.07. The molecule has 0 fully saturated rings. The van der Waals surface area contributed by atoms with Gasteiger partial charge in [0.25, 0.3) is 0 Å². The lowest BCUT2D eigenvalue weighted by Gasteiger charge is -1.96. The van der Waals surface area contributed by atoms with E-state index in [2.05, 4.69) is 28.9 Å². The maximum atomic E-state index is 3.44. The van der Waals surface area contributed by atoms with Crippen LogP contribution in [-0.4, -0.2) is 0 Å². The van der Waals surface area contributed by atoms with Crippen LogP contribution in [0.2, 0.25) is 0 Å². The third-order valence-electron chi connectivity index (χ3n) is 1.27. The van der Waals surface area contributed by atoms with Crippen molar-refractivity contribution in [1.82, 2.24) is 0 Å². The first kappa shape index (κ1) is 6.81. The van der Waals surface area contributed by atoms with Gasteiger partial charge in [-0.2, -0.15) is 0 Å². The van der Waals surface area contributed by atoms with Crippen LogP contribution in [0.3, 0.4) is 0 Å². The number of rotatable bonds is 1. The second-order valence-corrected chi connectivity index (χ2v) is 2.73. The van der Waals surface area contributed by atoms with Gasteiger partial charge in [0.15, 0.2) is 0 Å². The Kier molecular flexibility index (Phi) is 2.29. The molecule has 1 heteroatoms. The fraction of sp³-hybridized carbons (Fsp3) is 0.250. The summed E-state index contributed by atoms with van der Waals surface area (Å²) in [6.07, 6.45) is 1.07. The van der Waals surface area contributed by atoms with E-state index in [1.807, 2.05) is 18.2 Å². The van der Waals surface area contributed by atoms with Gasteiger partial charge in [0.1, 0.15) is 0 Å². The molecule has 0 unspecified atom stereocenters. The van der Waals surface area contributed by atoms with Gasteiger partial charge >= 0.3 is 0 Å². The summed E-state index contributed by atoms with van der Waals surface area (Å²) in [6.45, 7) is 2.13. The Labute approximate surface area is 64.0 Å². The monoisotopic (exact) mass is 183 g/mol. The Bertz CT molecular complexity index is 194. The summed E-state index contributed by atoms with van der Waals surface area (Å²) in [7, 11) is 0. The molecule has 0 atom stereocenters. The van der Waals surface area contributed by atoms with Crippen molar-refractivity contribution < 1.29 is 0 Å². The molecule has 9 heavy (non-hydrogen) atoms. The van der Waals surface area contributed by atoms with Crippen molar-refractivity contribution in [3.63, 3.8) is 0 Å². The number of hydrogen-bond acceptors (Lipinski definition) is 0. The van der Waals surface area contributed by atoms with Crippen LogP contribution in [0.5, 0.6) is 0 Å². The Hall–Kier alpha value is -0.300. The SMILES string of the molecule is CCc1c[c]ccc1Br. The molecule has 47 valence electrons. The molecule has 0 heterocycles. The molecule has 0 aliphatic rings. The topological polar surface area (TPSA) is 0 Å². The number of hydrogen-bond donors (Lipinski definition) is 0. The Morgan fingerprint density at radius 2 is 2.44 bits per heavy atom. The van der Waals surface area contributed by atoms with Crippen LogP contribution in [0.1, 0.15) is 12.5 Å². The molecular weight excluding hydrogens is 176 g/mol. The van der Waals surface area contributed by atoms with Gasteiger partial charge in [-0.1, -0.05) is 35.0 Å². The van der Waals surface area contributed by atoms with Crippen LogP contribution in [0.4, 0.5) is 0 Å². The van der Waals surface area contributed by atoms with Gasteiger partial charge < -0.3 is 0 Å². The number of benzene rings is 1. The minimum Gasteiger partial charge on any atom is -0.0613 e. The van der Waals surface area contributed by atoms with Crippen molar-refractivity contribution in [1.29, 1.82) is 0 Å². The van der Waals surface area contributed by atoms with Crippen molar-refractivity contribution in [3.8, 4) is 0 Å². The molecule has 1 aromatic carbocycles. The predicted octanol–water partition coefficient (Wildman–Crippen LogP) is 2.81. The van der Waals surface area contributed by atoms with E-state index in [0.29, 0.717) is 0 Å². The minimum absolute atomic E-state index is 1.07. The quantitative estimate of drug-likeness (QED) is 0.629. The van der Waals surface area contributed by atoms with Crippen molar-refractivity contribution in [3.05, 3.63) is 34.3 Å². The molecule has 1 aromatic rings. The first-order valence-corrected chi connectivity index (χ1v) is 3.78. The third kappa shape index (κ3) is 1.55. The van der Waals surface area contributed by atoms with Crippen LogP contribution in [0, 0.1) is 6.07 Å². The normalized spacial score (nSPS) is 9.56. The highest BCUT2D eigenvalue weighted by Crippen LogP contribution is 2.15. The van der Waals surface area contributed by atoms with E-state index >= 15 is 0 Å². The molecule has 0 nitrogen and oxygen atoms in total. The molecule has 0 amide bonds. The summed E-state index contributed by atoms with van der Waals surface area (Å²) in [5.74, 6) is 0. The zero-order chi connectivity index (χ0) is 6.69. The molecular formula is C8H8Br. The van der Waals surface area contributed by atoms with Crippen LogP contribution in [0.15, 0.2) is 22.7 Å². The van der Waals surface area contributed by atoms with Gasteiger partial charge in [-0.3, -0.25) is 0 Å². The number of halogens is 1. The van der Waals surface area contributed by atoms with Crippen LogP contribution >= 0.6 is 15.9 Å². The van der Waals surface area contributed by atoms with E-state index in [0.717, 1.165) is 6.42 Å². The van der Waals surface area contributed by atoms with Crippen molar-refractivity contribution >= 4 is 15.9 Å². The molecule has 0 saturated carbocycles.